The van der Waals surface area contributed by atoms with Gasteiger partial charge >= 0.3 is 0 Å². The van der Waals surface area contributed by atoms with Crippen molar-refractivity contribution in [2.24, 2.45) is 5.73 Å². The molecule has 0 saturated heterocycles. The molecule has 0 spiro atoms. The van der Waals surface area contributed by atoms with Crippen molar-refractivity contribution in [3.05, 3.63) is 0 Å². The first-order valence-electron chi connectivity index (χ1n) is 5.10. The Balaban J connectivity index is 3.75. The number of likely N-dealkylation sites (N-methyl/N-ethyl adjacent to an activating group) is 1. The van der Waals surface area contributed by atoms with Gasteiger partial charge in [0.2, 0.25) is 0 Å². The van der Waals surface area contributed by atoms with E-state index >= 15 is 0 Å². The molecule has 0 aromatic carbocycles. The van der Waals surface area contributed by atoms with E-state index in [9.17, 15) is 0 Å². The van der Waals surface area contributed by atoms with Gasteiger partial charge in [-0.1, -0.05) is 13.8 Å². The van der Waals surface area contributed by atoms with Crippen molar-refractivity contribution in [3.63, 3.8) is 0 Å². The number of hydrogen-bond acceptors (Lipinski definition) is 3. The molecule has 3 heteroatoms. The number of rotatable bonds is 7. The van der Waals surface area contributed by atoms with Gasteiger partial charge in [0.15, 0.2) is 0 Å². The molecule has 13 heavy (non-hydrogen) atoms. The minimum atomic E-state index is 0.135. The van der Waals surface area contributed by atoms with Crippen LogP contribution in [0.5, 0.6) is 0 Å². The summed E-state index contributed by atoms with van der Waals surface area (Å²) in [6.07, 6.45) is 2.37. The van der Waals surface area contributed by atoms with Crippen LogP contribution in [0.4, 0.5) is 0 Å². The largest absolute Gasteiger partial charge is 0.383 e. The first-order valence-corrected chi connectivity index (χ1v) is 5.10. The molecule has 0 bridgehead atoms. The van der Waals surface area contributed by atoms with E-state index in [4.69, 9.17) is 10.5 Å². The first kappa shape index (κ1) is 12.9. The molecule has 0 aromatic rings. The molecule has 0 rings (SSSR count). The molecule has 0 amide bonds. The fourth-order valence-corrected chi connectivity index (χ4v) is 1.70. The Kier molecular flexibility index (Phi) is 7.23. The normalized spacial score (nSPS) is 14.1. The van der Waals surface area contributed by atoms with E-state index in [2.05, 4.69) is 25.8 Å². The maximum Gasteiger partial charge on any atom is 0.0626 e. The second-order valence-corrected chi connectivity index (χ2v) is 3.63. The highest BCUT2D eigenvalue weighted by atomic mass is 16.5. The third-order valence-electron chi connectivity index (χ3n) is 2.47. The zero-order valence-corrected chi connectivity index (χ0v) is 9.42. The molecular weight excluding hydrogens is 164 g/mol. The summed E-state index contributed by atoms with van der Waals surface area (Å²) >= 11 is 0. The highest BCUT2D eigenvalue weighted by molar-refractivity contribution is 4.71. The molecule has 0 aromatic heterocycles. The maximum absolute atomic E-state index is 5.87. The minimum absolute atomic E-state index is 0.135. The molecule has 0 aliphatic carbocycles. The van der Waals surface area contributed by atoms with Crippen LogP contribution in [0, 0.1) is 0 Å². The van der Waals surface area contributed by atoms with Gasteiger partial charge in [-0.25, -0.2) is 0 Å². The van der Waals surface area contributed by atoms with E-state index in [0.29, 0.717) is 12.6 Å². The summed E-state index contributed by atoms with van der Waals surface area (Å²) in [5, 5.41) is 0. The second-order valence-electron chi connectivity index (χ2n) is 3.63. The number of methoxy groups -OCH3 is 1. The van der Waals surface area contributed by atoms with Gasteiger partial charge in [0.1, 0.15) is 0 Å². The fraction of sp³-hybridized carbons (Fsp3) is 1.00. The SMILES string of the molecule is CCC(CC)N(C)CC(N)COC. The lowest BCUT2D eigenvalue weighted by atomic mass is 10.1. The highest BCUT2D eigenvalue weighted by Gasteiger charge is 2.13. The molecule has 0 radical (unpaired) electrons. The van der Waals surface area contributed by atoms with Gasteiger partial charge in [-0.3, -0.25) is 0 Å². The summed E-state index contributed by atoms with van der Waals surface area (Å²) in [6.45, 7) is 5.99. The van der Waals surface area contributed by atoms with Crippen LogP contribution in [0.2, 0.25) is 0 Å². The van der Waals surface area contributed by atoms with E-state index in [1.165, 1.54) is 12.8 Å². The number of hydrogen-bond donors (Lipinski definition) is 1. The van der Waals surface area contributed by atoms with Crippen molar-refractivity contribution in [1.82, 2.24) is 4.90 Å². The monoisotopic (exact) mass is 188 g/mol. The lowest BCUT2D eigenvalue weighted by Crippen LogP contribution is -2.42. The Morgan fingerprint density at radius 3 is 2.23 bits per heavy atom. The summed E-state index contributed by atoms with van der Waals surface area (Å²) in [4.78, 5) is 2.32. The van der Waals surface area contributed by atoms with Crippen molar-refractivity contribution in [1.29, 1.82) is 0 Å². The highest BCUT2D eigenvalue weighted by Crippen LogP contribution is 2.05. The molecule has 0 heterocycles. The number of ether oxygens (including phenoxy) is 1. The van der Waals surface area contributed by atoms with Crippen LogP contribution in [0.25, 0.3) is 0 Å². The summed E-state index contributed by atoms with van der Waals surface area (Å²) in [6, 6.07) is 0.790. The predicted molar refractivity (Wildman–Crippen MR) is 56.9 cm³/mol. The molecule has 2 N–H and O–H groups in total. The molecule has 1 unspecified atom stereocenters. The Labute approximate surface area is 82.2 Å². The van der Waals surface area contributed by atoms with Crippen LogP contribution in [0.3, 0.4) is 0 Å². The van der Waals surface area contributed by atoms with Gasteiger partial charge in [0.05, 0.1) is 6.61 Å². The van der Waals surface area contributed by atoms with E-state index in [1.54, 1.807) is 7.11 Å². The zero-order valence-electron chi connectivity index (χ0n) is 9.42. The van der Waals surface area contributed by atoms with Gasteiger partial charge in [0, 0.05) is 25.7 Å². The molecule has 0 aliphatic rings. The van der Waals surface area contributed by atoms with Crippen LogP contribution in [-0.4, -0.2) is 44.3 Å². The van der Waals surface area contributed by atoms with Gasteiger partial charge in [0.25, 0.3) is 0 Å². The van der Waals surface area contributed by atoms with Crippen LogP contribution >= 0.6 is 0 Å². The van der Waals surface area contributed by atoms with Crippen molar-refractivity contribution >= 4 is 0 Å². The van der Waals surface area contributed by atoms with Gasteiger partial charge in [-0.15, -0.1) is 0 Å². The summed E-state index contributed by atoms with van der Waals surface area (Å²) in [5.74, 6) is 0. The molecule has 1 atom stereocenters. The van der Waals surface area contributed by atoms with Gasteiger partial charge < -0.3 is 15.4 Å². The topological polar surface area (TPSA) is 38.5 Å². The molecule has 0 fully saturated rings. The Morgan fingerprint density at radius 2 is 1.85 bits per heavy atom. The van der Waals surface area contributed by atoms with Crippen molar-refractivity contribution in [2.45, 2.75) is 38.8 Å². The van der Waals surface area contributed by atoms with E-state index < -0.39 is 0 Å². The van der Waals surface area contributed by atoms with Crippen molar-refractivity contribution in [2.75, 3.05) is 27.3 Å². The Hall–Kier alpha value is -0.120. The molecule has 3 nitrogen and oxygen atoms in total. The lowest BCUT2D eigenvalue weighted by Gasteiger charge is -2.28. The van der Waals surface area contributed by atoms with E-state index in [1.807, 2.05) is 0 Å². The van der Waals surface area contributed by atoms with Crippen molar-refractivity contribution in [3.8, 4) is 0 Å². The summed E-state index contributed by atoms with van der Waals surface area (Å²) < 4.78 is 5.00. The quantitative estimate of drug-likeness (QED) is 0.650. The van der Waals surface area contributed by atoms with E-state index in [0.717, 1.165) is 6.54 Å². The standard InChI is InChI=1S/C10H24N2O/c1-5-10(6-2)12(3)7-9(11)8-13-4/h9-10H,5-8,11H2,1-4H3. The van der Waals surface area contributed by atoms with E-state index in [-0.39, 0.29) is 6.04 Å². The first-order chi connectivity index (χ1) is 6.15. The molecular formula is C10H24N2O. The summed E-state index contributed by atoms with van der Waals surface area (Å²) in [7, 11) is 3.82. The minimum Gasteiger partial charge on any atom is -0.383 e. The van der Waals surface area contributed by atoms with Gasteiger partial charge in [-0.2, -0.15) is 0 Å². The molecule has 0 saturated carbocycles. The average Bonchev–Trinajstić information content (AvgIpc) is 2.06. The van der Waals surface area contributed by atoms with Crippen LogP contribution in [0.1, 0.15) is 26.7 Å². The van der Waals surface area contributed by atoms with Crippen LogP contribution in [0.15, 0.2) is 0 Å². The maximum atomic E-state index is 5.87. The number of nitrogens with two attached hydrogens (primary N) is 1. The van der Waals surface area contributed by atoms with Crippen LogP contribution < -0.4 is 5.73 Å². The predicted octanol–water partition coefficient (Wildman–Crippen LogP) is 1.08. The second kappa shape index (κ2) is 7.30. The van der Waals surface area contributed by atoms with Crippen molar-refractivity contribution < 1.29 is 4.74 Å². The fourth-order valence-electron chi connectivity index (χ4n) is 1.70. The molecule has 0 aliphatic heterocycles. The number of nitrogens with zero attached hydrogens (tertiary/aromatic N) is 1. The summed E-state index contributed by atoms with van der Waals surface area (Å²) in [5.41, 5.74) is 5.87. The van der Waals surface area contributed by atoms with Crippen LogP contribution in [-0.2, 0) is 4.74 Å². The Bertz CT molecular complexity index is 115. The Morgan fingerprint density at radius 1 is 1.31 bits per heavy atom. The smallest absolute Gasteiger partial charge is 0.0626 e. The molecule has 80 valence electrons. The zero-order chi connectivity index (χ0) is 10.3. The third-order valence-corrected chi connectivity index (χ3v) is 2.47. The average molecular weight is 188 g/mol. The van der Waals surface area contributed by atoms with Gasteiger partial charge in [-0.05, 0) is 19.9 Å². The third kappa shape index (κ3) is 5.24. The lowest BCUT2D eigenvalue weighted by molar-refractivity contribution is 0.144.